The summed E-state index contributed by atoms with van der Waals surface area (Å²) < 4.78 is 34.7. The molecule has 0 spiro atoms. The number of carbonyl (C=O) groups is 1. The molecule has 0 aromatic carbocycles. The molecular weight excluding hydrogens is 165 g/mol. The molecule has 0 bridgehead atoms. The number of aromatic nitrogens is 4. The highest BCUT2D eigenvalue weighted by Gasteiger charge is 2.35. The van der Waals surface area contributed by atoms with Crippen molar-refractivity contribution in [1.82, 2.24) is 20.2 Å². The smallest absolute Gasteiger partial charge is 0.294 e. The molecule has 8 heteroatoms. The summed E-state index contributed by atoms with van der Waals surface area (Å²) in [6, 6.07) is 0. The average molecular weight is 166 g/mol. The molecule has 5 nitrogen and oxygen atoms in total. The number of alkyl halides is 3. The first-order valence-electron chi connectivity index (χ1n) is 2.36. The minimum atomic E-state index is -4.74. The third-order valence-electron chi connectivity index (χ3n) is 0.839. The largest absolute Gasteiger partial charge is 0.508 e. The van der Waals surface area contributed by atoms with Gasteiger partial charge in [-0.15, -0.1) is 23.0 Å². The van der Waals surface area contributed by atoms with Gasteiger partial charge in [-0.2, -0.15) is 0 Å². The Balaban J connectivity index is 3.12. The Bertz CT molecular complexity index is 266. The van der Waals surface area contributed by atoms with Gasteiger partial charge in [0.2, 0.25) is 5.82 Å². The predicted octanol–water partition coefficient (Wildman–Crippen LogP) is -0.0381. The average Bonchev–Trinajstić information content (AvgIpc) is 2.31. The lowest BCUT2D eigenvalue weighted by Crippen LogP contribution is -2.21. The van der Waals surface area contributed by atoms with Crippen LogP contribution in [0, 0.1) is 0 Å². The number of aldehydes is 1. The van der Waals surface area contributed by atoms with Crippen molar-refractivity contribution in [3.8, 4) is 0 Å². The van der Waals surface area contributed by atoms with Gasteiger partial charge < -0.3 is 0 Å². The van der Waals surface area contributed by atoms with E-state index in [1.165, 1.54) is 0 Å². The SMILES string of the molecule is O=Cc1nnnn1C(F)(F)F. The molecule has 60 valence electrons. The van der Waals surface area contributed by atoms with E-state index in [0.717, 1.165) is 0 Å². The molecule has 0 aliphatic rings. The molecule has 1 heterocycles. The van der Waals surface area contributed by atoms with E-state index in [4.69, 9.17) is 0 Å². The van der Waals surface area contributed by atoms with Crippen molar-refractivity contribution in [2.45, 2.75) is 6.30 Å². The van der Waals surface area contributed by atoms with Crippen molar-refractivity contribution in [3.63, 3.8) is 0 Å². The number of rotatable bonds is 1. The molecule has 0 aliphatic heterocycles. The first-order chi connectivity index (χ1) is 5.05. The predicted molar refractivity (Wildman–Crippen MR) is 24.5 cm³/mol. The van der Waals surface area contributed by atoms with Gasteiger partial charge in [0.25, 0.3) is 0 Å². The molecule has 11 heavy (non-hydrogen) atoms. The number of halogens is 3. The summed E-state index contributed by atoms with van der Waals surface area (Å²) >= 11 is 0. The molecule has 0 amide bonds. The van der Waals surface area contributed by atoms with Crippen molar-refractivity contribution >= 4 is 6.29 Å². The third kappa shape index (κ3) is 1.33. The molecule has 0 aliphatic carbocycles. The molecule has 1 aromatic heterocycles. The lowest BCUT2D eigenvalue weighted by molar-refractivity contribution is -0.213. The van der Waals surface area contributed by atoms with Crippen LogP contribution >= 0.6 is 0 Å². The van der Waals surface area contributed by atoms with Crippen LogP contribution in [0.1, 0.15) is 10.6 Å². The molecule has 0 unspecified atom stereocenters. The first-order valence-corrected chi connectivity index (χ1v) is 2.36. The van der Waals surface area contributed by atoms with Gasteiger partial charge in [0.05, 0.1) is 0 Å². The van der Waals surface area contributed by atoms with Crippen LogP contribution in [-0.4, -0.2) is 26.5 Å². The zero-order chi connectivity index (χ0) is 8.48. The van der Waals surface area contributed by atoms with E-state index in [1.807, 2.05) is 0 Å². The second-order valence-corrected chi connectivity index (χ2v) is 1.53. The lowest BCUT2D eigenvalue weighted by Gasteiger charge is -2.02. The van der Waals surface area contributed by atoms with Crippen molar-refractivity contribution in [3.05, 3.63) is 5.82 Å². The number of tetrazole rings is 1. The van der Waals surface area contributed by atoms with Gasteiger partial charge in [0.15, 0.2) is 6.29 Å². The van der Waals surface area contributed by atoms with Gasteiger partial charge in [-0.3, -0.25) is 4.79 Å². The van der Waals surface area contributed by atoms with Crippen molar-refractivity contribution < 1.29 is 18.0 Å². The number of hydrogen-bond donors (Lipinski definition) is 0. The van der Waals surface area contributed by atoms with Crippen molar-refractivity contribution in [2.24, 2.45) is 0 Å². The van der Waals surface area contributed by atoms with Crippen molar-refractivity contribution in [1.29, 1.82) is 0 Å². The van der Waals surface area contributed by atoms with Gasteiger partial charge in [-0.1, -0.05) is 0 Å². The normalized spacial score (nSPS) is 11.5. The second-order valence-electron chi connectivity index (χ2n) is 1.53. The van der Waals surface area contributed by atoms with Crippen LogP contribution < -0.4 is 0 Å². The van der Waals surface area contributed by atoms with E-state index in [0.29, 0.717) is 0 Å². The molecular formula is C3HF3N4O. The van der Waals surface area contributed by atoms with Crippen LogP contribution in [-0.2, 0) is 6.30 Å². The van der Waals surface area contributed by atoms with Crippen LogP contribution in [0.25, 0.3) is 0 Å². The van der Waals surface area contributed by atoms with Gasteiger partial charge >= 0.3 is 6.30 Å². The fourth-order valence-corrected chi connectivity index (χ4v) is 0.448. The van der Waals surface area contributed by atoms with Gasteiger partial charge in [-0.05, 0) is 10.4 Å². The first kappa shape index (κ1) is 7.63. The summed E-state index contributed by atoms with van der Waals surface area (Å²) in [6.45, 7) is 0. The Morgan fingerprint density at radius 1 is 1.45 bits per heavy atom. The van der Waals surface area contributed by atoms with E-state index in [2.05, 4.69) is 15.5 Å². The number of carbonyl (C=O) groups excluding carboxylic acids is 1. The molecule has 0 fully saturated rings. The zero-order valence-electron chi connectivity index (χ0n) is 4.91. The minimum Gasteiger partial charge on any atom is -0.294 e. The molecule has 0 atom stereocenters. The Hall–Kier alpha value is -1.47. The zero-order valence-corrected chi connectivity index (χ0v) is 4.91. The Morgan fingerprint density at radius 2 is 2.09 bits per heavy atom. The molecule has 0 saturated carbocycles. The maximum Gasteiger partial charge on any atom is 0.508 e. The minimum absolute atomic E-state index is 0.0759. The highest BCUT2D eigenvalue weighted by Crippen LogP contribution is 2.20. The molecule has 0 saturated heterocycles. The van der Waals surface area contributed by atoms with Crippen LogP contribution in [0.2, 0.25) is 0 Å². The Kier molecular flexibility index (Phi) is 1.59. The second kappa shape index (κ2) is 2.29. The highest BCUT2D eigenvalue weighted by molar-refractivity contribution is 5.68. The fourth-order valence-electron chi connectivity index (χ4n) is 0.448. The van der Waals surface area contributed by atoms with Gasteiger partial charge in [0, 0.05) is 0 Å². The number of hydrogen-bond acceptors (Lipinski definition) is 4. The maximum atomic E-state index is 11.7. The summed E-state index contributed by atoms with van der Waals surface area (Å²) in [5.41, 5.74) is 0. The Labute approximate surface area is 57.8 Å². The molecule has 0 radical (unpaired) electrons. The van der Waals surface area contributed by atoms with E-state index >= 15 is 0 Å². The molecule has 1 rings (SSSR count). The van der Waals surface area contributed by atoms with Crippen LogP contribution in [0.3, 0.4) is 0 Å². The van der Waals surface area contributed by atoms with Crippen LogP contribution in [0.15, 0.2) is 0 Å². The fraction of sp³-hybridized carbons (Fsp3) is 0.333. The van der Waals surface area contributed by atoms with E-state index in [9.17, 15) is 18.0 Å². The summed E-state index contributed by atoms with van der Waals surface area (Å²) in [5.74, 6) is -0.863. The quantitative estimate of drug-likeness (QED) is 0.549. The van der Waals surface area contributed by atoms with E-state index in [1.54, 1.807) is 0 Å². The van der Waals surface area contributed by atoms with Crippen molar-refractivity contribution in [2.75, 3.05) is 0 Å². The maximum absolute atomic E-state index is 11.7. The third-order valence-corrected chi connectivity index (χ3v) is 0.839. The number of nitrogens with zero attached hydrogens (tertiary/aromatic N) is 4. The monoisotopic (exact) mass is 166 g/mol. The molecule has 0 N–H and O–H groups in total. The Morgan fingerprint density at radius 3 is 2.45 bits per heavy atom. The summed E-state index contributed by atoms with van der Waals surface area (Å²) in [5, 5.41) is 8.04. The van der Waals surface area contributed by atoms with Gasteiger partial charge in [0.1, 0.15) is 0 Å². The summed E-state index contributed by atoms with van der Waals surface area (Å²) in [6.07, 6.45) is -4.81. The highest BCUT2D eigenvalue weighted by atomic mass is 19.4. The van der Waals surface area contributed by atoms with E-state index in [-0.39, 0.29) is 6.29 Å². The van der Waals surface area contributed by atoms with E-state index < -0.39 is 16.8 Å². The summed E-state index contributed by atoms with van der Waals surface area (Å²) in [7, 11) is 0. The summed E-state index contributed by atoms with van der Waals surface area (Å²) in [4.78, 5) is 9.87. The van der Waals surface area contributed by atoms with Crippen LogP contribution in [0.4, 0.5) is 13.2 Å². The lowest BCUT2D eigenvalue weighted by atomic mass is 10.7. The standard InChI is InChI=1S/C3HF3N4O/c4-3(5,6)10-2(1-11)7-8-9-10/h1H. The van der Waals surface area contributed by atoms with Gasteiger partial charge in [-0.25, -0.2) is 0 Å². The molecule has 1 aromatic rings. The topological polar surface area (TPSA) is 60.7 Å². The van der Waals surface area contributed by atoms with Crippen LogP contribution in [0.5, 0.6) is 0 Å².